The number of carboxylic acids is 1. The summed E-state index contributed by atoms with van der Waals surface area (Å²) in [6.07, 6.45) is 46.9. The number of fused-ring (bicyclic) bond motifs is 7. The summed E-state index contributed by atoms with van der Waals surface area (Å²) in [5.74, 6) is 9.68. The molecule has 53 heavy (non-hydrogen) atoms. The van der Waals surface area contributed by atoms with Crippen LogP contribution in [0.3, 0.4) is 0 Å². The first-order chi connectivity index (χ1) is 25.9. The second-order valence-electron chi connectivity index (χ2n) is 21.0. The lowest BCUT2D eigenvalue weighted by molar-refractivity contribution is -0.138. The van der Waals surface area contributed by atoms with E-state index in [4.69, 9.17) is 0 Å². The van der Waals surface area contributed by atoms with Gasteiger partial charge in [0, 0.05) is 6.42 Å². The van der Waals surface area contributed by atoms with Crippen molar-refractivity contribution in [3.63, 3.8) is 0 Å². The Morgan fingerprint density at radius 3 is 1.60 bits per heavy atom. The fourth-order valence-corrected chi connectivity index (χ4v) is 18.3. The Balaban J connectivity index is 1.21. The third-order valence-corrected chi connectivity index (χ3v) is 19.8. The van der Waals surface area contributed by atoms with Crippen molar-refractivity contribution in [3.05, 3.63) is 30.0 Å². The van der Waals surface area contributed by atoms with Crippen LogP contribution in [0.5, 0.6) is 0 Å². The molecule has 2 heteroatoms. The Morgan fingerprint density at radius 2 is 1.08 bits per heavy atom. The molecule has 0 saturated heterocycles. The molecular formula is C51H80O2. The summed E-state index contributed by atoms with van der Waals surface area (Å²) in [5, 5.41) is 10.3. The van der Waals surface area contributed by atoms with Crippen LogP contribution in [0.25, 0.3) is 0 Å². The van der Waals surface area contributed by atoms with Crippen molar-refractivity contribution < 1.29 is 9.90 Å². The average Bonchev–Trinajstić information content (AvgIpc) is 3.75. The predicted octanol–water partition coefficient (Wildman–Crippen LogP) is 14.4. The Labute approximate surface area is 326 Å². The number of hydrogen-bond donors (Lipinski definition) is 1. The molecule has 7 saturated carbocycles. The summed E-state index contributed by atoms with van der Waals surface area (Å²) in [6, 6.07) is 0. The molecule has 0 bridgehead atoms. The largest absolute Gasteiger partial charge is 0.481 e. The second-order valence-corrected chi connectivity index (χ2v) is 21.0. The van der Waals surface area contributed by atoms with Gasteiger partial charge in [-0.05, 0) is 209 Å². The van der Waals surface area contributed by atoms with E-state index < -0.39 is 5.97 Å². The maximum absolute atomic E-state index is 12.6. The van der Waals surface area contributed by atoms with E-state index in [0.29, 0.717) is 35.0 Å². The zero-order valence-electron chi connectivity index (χ0n) is 34.7. The molecule has 0 radical (unpaired) electrons. The van der Waals surface area contributed by atoms with Gasteiger partial charge in [-0.1, -0.05) is 90.2 Å². The SMILES string of the molecule is CC=C=C[C@@H]1C(CC)C2CCCC[C@@H]2C1(CCC(=O)O)CCC1(CCC2(CCC)C3CC=CCC3C3CCCC[C@@H]32)C2CCCCC2C2CCCC[C@@H]21. The zero-order chi connectivity index (χ0) is 36.6. The van der Waals surface area contributed by atoms with Crippen LogP contribution in [0.4, 0.5) is 0 Å². The molecule has 8 aliphatic rings. The van der Waals surface area contributed by atoms with Gasteiger partial charge in [0.15, 0.2) is 0 Å². The van der Waals surface area contributed by atoms with Crippen molar-refractivity contribution in [3.8, 4) is 0 Å². The quantitative estimate of drug-likeness (QED) is 0.152. The van der Waals surface area contributed by atoms with Gasteiger partial charge in [-0.3, -0.25) is 4.79 Å². The molecule has 0 aromatic heterocycles. The smallest absolute Gasteiger partial charge is 0.303 e. The van der Waals surface area contributed by atoms with Gasteiger partial charge in [-0.25, -0.2) is 0 Å². The molecule has 0 aromatic rings. The zero-order valence-corrected chi connectivity index (χ0v) is 34.7. The highest BCUT2D eigenvalue weighted by Gasteiger charge is 2.65. The summed E-state index contributed by atoms with van der Waals surface area (Å²) in [6.45, 7) is 7.12. The molecule has 2 nitrogen and oxygen atoms in total. The molecule has 296 valence electrons. The van der Waals surface area contributed by atoms with E-state index in [1.807, 2.05) is 0 Å². The lowest BCUT2D eigenvalue weighted by Gasteiger charge is -2.51. The number of rotatable bonds is 13. The fourth-order valence-electron chi connectivity index (χ4n) is 18.3. The minimum atomic E-state index is -0.568. The molecule has 0 aliphatic heterocycles. The number of carboxylic acid groups (broad SMARTS) is 1. The van der Waals surface area contributed by atoms with Crippen molar-refractivity contribution in [1.82, 2.24) is 0 Å². The highest BCUT2D eigenvalue weighted by molar-refractivity contribution is 5.66. The highest BCUT2D eigenvalue weighted by Crippen LogP contribution is 2.73. The lowest BCUT2D eigenvalue weighted by Crippen LogP contribution is -2.43. The molecule has 0 spiro atoms. The van der Waals surface area contributed by atoms with Crippen LogP contribution in [0.1, 0.15) is 194 Å². The lowest BCUT2D eigenvalue weighted by atomic mass is 9.53. The van der Waals surface area contributed by atoms with Crippen LogP contribution < -0.4 is 0 Å². The van der Waals surface area contributed by atoms with E-state index in [1.54, 1.807) is 0 Å². The van der Waals surface area contributed by atoms with Crippen LogP contribution in [0, 0.1) is 87.3 Å². The van der Waals surface area contributed by atoms with Crippen molar-refractivity contribution in [2.24, 2.45) is 87.3 Å². The molecular weight excluding hydrogens is 645 g/mol. The van der Waals surface area contributed by atoms with E-state index in [0.717, 1.165) is 59.7 Å². The van der Waals surface area contributed by atoms with E-state index in [2.05, 4.69) is 50.8 Å². The third-order valence-electron chi connectivity index (χ3n) is 19.8. The van der Waals surface area contributed by atoms with E-state index in [1.165, 1.54) is 161 Å². The first-order valence-corrected chi connectivity index (χ1v) is 24.2. The Bertz CT molecular complexity index is 1330. The summed E-state index contributed by atoms with van der Waals surface area (Å²) in [7, 11) is 0. The minimum absolute atomic E-state index is 0.117. The summed E-state index contributed by atoms with van der Waals surface area (Å²) >= 11 is 0. The second kappa shape index (κ2) is 16.3. The van der Waals surface area contributed by atoms with Crippen LogP contribution >= 0.6 is 0 Å². The van der Waals surface area contributed by atoms with E-state index in [9.17, 15) is 9.90 Å². The summed E-state index contributed by atoms with van der Waals surface area (Å²) in [5.41, 5.74) is 4.79. The van der Waals surface area contributed by atoms with Crippen LogP contribution in [0.15, 0.2) is 30.0 Å². The first-order valence-electron chi connectivity index (χ1n) is 24.2. The van der Waals surface area contributed by atoms with Gasteiger partial charge < -0.3 is 5.11 Å². The van der Waals surface area contributed by atoms with Crippen molar-refractivity contribution in [2.75, 3.05) is 0 Å². The standard InChI is InChI=1S/C51H80O2/c1-4-7-23-42-36(6-3)37-18-8-13-24-43(37)50(42,31-29-48(52)53)33-35-51(46-27-16-11-21-40(46)41-22-12-17-28-47(41)51)34-32-49(30-5-2)44-25-14-9-19-38(44)39-20-10-15-26-45(39)49/h4,9,14,23,36-47H,5-6,8,10-13,15-22,24-35H2,1-3H3,(H,52,53)/t7?,36?,37?,38?,39?,40?,41?,42-,43+,44?,45+,46+,47?,49?,50?,51?/m1/s1. The van der Waals surface area contributed by atoms with Crippen molar-refractivity contribution in [2.45, 2.75) is 194 Å². The predicted molar refractivity (Wildman–Crippen MR) is 220 cm³/mol. The van der Waals surface area contributed by atoms with Gasteiger partial charge in [-0.2, -0.15) is 0 Å². The van der Waals surface area contributed by atoms with E-state index in [-0.39, 0.29) is 5.41 Å². The van der Waals surface area contributed by atoms with Crippen LogP contribution in [-0.4, -0.2) is 11.1 Å². The fraction of sp³-hybridized carbons (Fsp3) is 0.882. The Hall–Kier alpha value is -1.27. The molecule has 1 N–H and O–H groups in total. The Morgan fingerprint density at radius 1 is 0.604 bits per heavy atom. The average molecular weight is 725 g/mol. The number of hydrogen-bond acceptors (Lipinski definition) is 1. The highest BCUT2D eigenvalue weighted by atomic mass is 16.4. The number of allylic oxidation sites excluding steroid dienone is 3. The minimum Gasteiger partial charge on any atom is -0.481 e. The molecule has 11 unspecified atom stereocenters. The maximum Gasteiger partial charge on any atom is 0.303 e. The summed E-state index contributed by atoms with van der Waals surface area (Å²) in [4.78, 5) is 12.6. The molecule has 7 fully saturated rings. The van der Waals surface area contributed by atoms with E-state index >= 15 is 0 Å². The van der Waals surface area contributed by atoms with Crippen LogP contribution in [0.2, 0.25) is 0 Å². The Kier molecular flexibility index (Phi) is 11.9. The number of aliphatic carboxylic acids is 1. The van der Waals surface area contributed by atoms with Crippen LogP contribution in [-0.2, 0) is 4.79 Å². The molecule has 0 aromatic carbocycles. The van der Waals surface area contributed by atoms with Gasteiger partial charge in [0.25, 0.3) is 0 Å². The number of carbonyl (C=O) groups is 1. The molecule has 8 aliphatic carbocycles. The monoisotopic (exact) mass is 725 g/mol. The van der Waals surface area contributed by atoms with Crippen molar-refractivity contribution in [1.29, 1.82) is 0 Å². The van der Waals surface area contributed by atoms with Gasteiger partial charge in [0.05, 0.1) is 0 Å². The molecule has 0 heterocycles. The van der Waals surface area contributed by atoms with Gasteiger partial charge in [-0.15, -0.1) is 5.73 Å². The first kappa shape index (κ1) is 38.6. The summed E-state index contributed by atoms with van der Waals surface area (Å²) < 4.78 is 0. The normalized spacial score (nSPS) is 47.1. The van der Waals surface area contributed by atoms with Crippen molar-refractivity contribution >= 4 is 5.97 Å². The van der Waals surface area contributed by atoms with Gasteiger partial charge in [0.2, 0.25) is 0 Å². The topological polar surface area (TPSA) is 37.3 Å². The van der Waals surface area contributed by atoms with Gasteiger partial charge in [0.1, 0.15) is 0 Å². The van der Waals surface area contributed by atoms with Gasteiger partial charge >= 0.3 is 5.97 Å². The molecule has 15 atom stereocenters. The third kappa shape index (κ3) is 6.54. The maximum atomic E-state index is 12.6. The molecule has 0 amide bonds. The molecule has 8 rings (SSSR count).